The first-order valence-corrected chi connectivity index (χ1v) is 9.12. The van der Waals surface area contributed by atoms with Crippen LogP contribution in [0.25, 0.3) is 0 Å². The highest BCUT2D eigenvalue weighted by Gasteiger charge is 2.13. The predicted octanol–water partition coefficient (Wildman–Crippen LogP) is 5.31. The minimum Gasteiger partial charge on any atom is -0.343 e. The molecule has 0 bridgehead atoms. The first-order chi connectivity index (χ1) is 9.84. The molecule has 2 heteroatoms. The molecule has 0 N–H and O–H groups in total. The Morgan fingerprint density at radius 3 is 2.15 bits per heavy atom. The zero-order valence-corrected chi connectivity index (χ0v) is 13.7. The van der Waals surface area contributed by atoms with Crippen molar-refractivity contribution in [3.63, 3.8) is 0 Å². The Bertz CT molecular complexity index is 240. The molecule has 0 aromatic rings. The van der Waals surface area contributed by atoms with Crippen LogP contribution in [-0.4, -0.2) is 23.9 Å². The number of carbonyl (C=O) groups excluding carboxylic acids is 1. The van der Waals surface area contributed by atoms with Crippen LogP contribution in [-0.2, 0) is 4.79 Å². The molecule has 1 amide bonds. The predicted molar refractivity (Wildman–Crippen MR) is 86.9 cm³/mol. The van der Waals surface area contributed by atoms with Crippen LogP contribution in [0.4, 0.5) is 0 Å². The average molecular weight is 281 g/mol. The van der Waals surface area contributed by atoms with E-state index in [9.17, 15) is 4.79 Å². The van der Waals surface area contributed by atoms with E-state index in [1.165, 1.54) is 77.0 Å². The van der Waals surface area contributed by atoms with Gasteiger partial charge in [-0.1, -0.05) is 71.1 Å². The second-order valence-electron chi connectivity index (χ2n) is 6.37. The molecular formula is C18H35NO. The highest BCUT2D eigenvalue weighted by Crippen LogP contribution is 2.14. The van der Waals surface area contributed by atoms with Gasteiger partial charge in [-0.05, 0) is 19.3 Å². The summed E-state index contributed by atoms with van der Waals surface area (Å²) in [5, 5.41) is 0. The summed E-state index contributed by atoms with van der Waals surface area (Å²) in [4.78, 5) is 14.2. The highest BCUT2D eigenvalue weighted by atomic mass is 16.2. The maximum atomic E-state index is 12.1. The van der Waals surface area contributed by atoms with E-state index in [1.807, 2.05) is 0 Å². The maximum Gasteiger partial charge on any atom is 0.222 e. The van der Waals surface area contributed by atoms with Gasteiger partial charge in [0.2, 0.25) is 5.91 Å². The molecule has 2 nitrogen and oxygen atoms in total. The first-order valence-electron chi connectivity index (χ1n) is 9.12. The molecule has 0 saturated carbocycles. The van der Waals surface area contributed by atoms with Crippen molar-refractivity contribution in [3.8, 4) is 0 Å². The lowest BCUT2D eigenvalue weighted by molar-refractivity contribution is -0.131. The summed E-state index contributed by atoms with van der Waals surface area (Å²) in [6.07, 6.45) is 17.7. The number of unbranched alkanes of at least 4 members (excludes halogenated alkanes) is 7. The summed E-state index contributed by atoms with van der Waals surface area (Å²) in [7, 11) is 0. The molecule has 0 aromatic carbocycles. The smallest absolute Gasteiger partial charge is 0.222 e. The van der Waals surface area contributed by atoms with Crippen molar-refractivity contribution in [3.05, 3.63) is 0 Å². The molecule has 0 spiro atoms. The van der Waals surface area contributed by atoms with E-state index in [0.29, 0.717) is 5.91 Å². The SMILES string of the molecule is CCCCCCCCCCN1CCCCCCCC1=O. The molecule has 1 aliphatic rings. The van der Waals surface area contributed by atoms with Crippen molar-refractivity contribution in [2.45, 2.75) is 96.8 Å². The quantitative estimate of drug-likeness (QED) is 0.524. The lowest BCUT2D eigenvalue weighted by Gasteiger charge is -2.22. The molecule has 20 heavy (non-hydrogen) atoms. The van der Waals surface area contributed by atoms with Gasteiger partial charge in [0.1, 0.15) is 0 Å². The number of hydrogen-bond acceptors (Lipinski definition) is 1. The van der Waals surface area contributed by atoms with E-state index >= 15 is 0 Å². The lowest BCUT2D eigenvalue weighted by atomic mass is 10.1. The van der Waals surface area contributed by atoms with Gasteiger partial charge in [-0.2, -0.15) is 0 Å². The normalized spacial score (nSPS) is 17.6. The van der Waals surface area contributed by atoms with Crippen LogP contribution in [0.1, 0.15) is 96.8 Å². The van der Waals surface area contributed by atoms with Gasteiger partial charge in [-0.3, -0.25) is 4.79 Å². The minimum absolute atomic E-state index is 0.412. The summed E-state index contributed by atoms with van der Waals surface area (Å²) < 4.78 is 0. The fraction of sp³-hybridized carbons (Fsp3) is 0.944. The van der Waals surface area contributed by atoms with E-state index in [-0.39, 0.29) is 0 Å². The number of rotatable bonds is 9. The topological polar surface area (TPSA) is 20.3 Å². The molecule has 1 fully saturated rings. The van der Waals surface area contributed by atoms with Crippen LogP contribution < -0.4 is 0 Å². The van der Waals surface area contributed by atoms with Crippen LogP contribution in [0.15, 0.2) is 0 Å². The summed E-state index contributed by atoms with van der Waals surface area (Å²) in [5.74, 6) is 0.412. The fourth-order valence-electron chi connectivity index (χ4n) is 3.07. The molecule has 0 radical (unpaired) electrons. The van der Waals surface area contributed by atoms with E-state index in [4.69, 9.17) is 0 Å². The number of nitrogens with zero attached hydrogens (tertiary/aromatic N) is 1. The Kier molecular flexibility index (Phi) is 10.7. The Balaban J connectivity index is 2.04. The summed E-state index contributed by atoms with van der Waals surface area (Å²) in [6, 6.07) is 0. The zero-order valence-electron chi connectivity index (χ0n) is 13.7. The average Bonchev–Trinajstić information content (AvgIpc) is 2.55. The Morgan fingerprint density at radius 1 is 0.800 bits per heavy atom. The molecule has 0 aromatic heterocycles. The standard InChI is InChI=1S/C18H35NO/c1-2-3-4-5-6-7-10-13-16-19-17-14-11-8-9-12-15-18(19)20/h2-17H2,1H3. The van der Waals surface area contributed by atoms with Crippen LogP contribution >= 0.6 is 0 Å². The third-order valence-electron chi connectivity index (χ3n) is 4.45. The van der Waals surface area contributed by atoms with Crippen LogP contribution in [0.2, 0.25) is 0 Å². The second kappa shape index (κ2) is 12.2. The van der Waals surface area contributed by atoms with Crippen LogP contribution in [0, 0.1) is 0 Å². The maximum absolute atomic E-state index is 12.1. The van der Waals surface area contributed by atoms with Crippen molar-refractivity contribution < 1.29 is 4.79 Å². The largest absolute Gasteiger partial charge is 0.343 e. The highest BCUT2D eigenvalue weighted by molar-refractivity contribution is 5.76. The van der Waals surface area contributed by atoms with Crippen molar-refractivity contribution in [2.24, 2.45) is 0 Å². The third kappa shape index (κ3) is 8.60. The van der Waals surface area contributed by atoms with E-state index in [1.54, 1.807) is 0 Å². The number of amides is 1. The summed E-state index contributed by atoms with van der Waals surface area (Å²) >= 11 is 0. The number of hydrogen-bond donors (Lipinski definition) is 0. The van der Waals surface area contributed by atoms with E-state index < -0.39 is 0 Å². The molecule has 1 saturated heterocycles. The monoisotopic (exact) mass is 281 g/mol. The lowest BCUT2D eigenvalue weighted by Crippen LogP contribution is -2.32. The Morgan fingerprint density at radius 2 is 1.40 bits per heavy atom. The Hall–Kier alpha value is -0.530. The molecule has 1 aliphatic heterocycles. The summed E-state index contributed by atoms with van der Waals surface area (Å²) in [5.41, 5.74) is 0. The molecule has 0 unspecified atom stereocenters. The van der Waals surface area contributed by atoms with Crippen molar-refractivity contribution in [1.29, 1.82) is 0 Å². The molecule has 1 rings (SSSR count). The minimum atomic E-state index is 0.412. The first kappa shape index (κ1) is 17.5. The fourth-order valence-corrected chi connectivity index (χ4v) is 3.07. The van der Waals surface area contributed by atoms with Gasteiger partial charge in [-0.25, -0.2) is 0 Å². The van der Waals surface area contributed by atoms with Gasteiger partial charge in [0.05, 0.1) is 0 Å². The molecule has 0 aliphatic carbocycles. The summed E-state index contributed by atoms with van der Waals surface area (Å²) in [6.45, 7) is 4.28. The van der Waals surface area contributed by atoms with E-state index in [0.717, 1.165) is 25.9 Å². The molecular weight excluding hydrogens is 246 g/mol. The molecule has 1 heterocycles. The van der Waals surface area contributed by atoms with Gasteiger partial charge >= 0.3 is 0 Å². The molecule has 0 atom stereocenters. The van der Waals surface area contributed by atoms with Crippen molar-refractivity contribution in [1.82, 2.24) is 4.90 Å². The third-order valence-corrected chi connectivity index (χ3v) is 4.45. The van der Waals surface area contributed by atoms with E-state index in [2.05, 4.69) is 11.8 Å². The Labute approximate surface area is 126 Å². The van der Waals surface area contributed by atoms with Gasteiger partial charge < -0.3 is 4.90 Å². The number of carbonyl (C=O) groups is 1. The zero-order chi connectivity index (χ0) is 14.5. The van der Waals surface area contributed by atoms with Gasteiger partial charge in [-0.15, -0.1) is 0 Å². The van der Waals surface area contributed by atoms with Gasteiger partial charge in [0, 0.05) is 19.5 Å². The van der Waals surface area contributed by atoms with Crippen molar-refractivity contribution >= 4 is 5.91 Å². The van der Waals surface area contributed by atoms with Crippen molar-refractivity contribution in [2.75, 3.05) is 13.1 Å². The van der Waals surface area contributed by atoms with Crippen LogP contribution in [0.5, 0.6) is 0 Å². The van der Waals surface area contributed by atoms with Gasteiger partial charge in [0.25, 0.3) is 0 Å². The van der Waals surface area contributed by atoms with Crippen LogP contribution in [0.3, 0.4) is 0 Å². The molecule has 118 valence electrons. The second-order valence-corrected chi connectivity index (χ2v) is 6.37. The van der Waals surface area contributed by atoms with Gasteiger partial charge in [0.15, 0.2) is 0 Å².